The second-order valence-corrected chi connectivity index (χ2v) is 8.42. The molecule has 0 spiro atoms. The van der Waals surface area contributed by atoms with Crippen molar-refractivity contribution in [2.45, 2.75) is 19.9 Å². The summed E-state index contributed by atoms with van der Waals surface area (Å²) in [5, 5.41) is 33.1. The van der Waals surface area contributed by atoms with E-state index in [4.69, 9.17) is 15.1 Å². The van der Waals surface area contributed by atoms with Crippen molar-refractivity contribution >= 4 is 34.0 Å². The summed E-state index contributed by atoms with van der Waals surface area (Å²) in [6.45, 7) is 3.76. The molecule has 0 amide bonds. The standard InChI is InChI=1S/C28H24N4O4/c1-15-10-20(16(2)32-23-7-5-4-6-19(23)28(34)35)27-21(11-15)25(33)13-26(36-27)17-8-9-18(22(30)14-29)24(12-17)31-3/h4-13,16,30-32H,1-3H3,(H,34,35). The van der Waals surface area contributed by atoms with Crippen LogP contribution >= 0.6 is 0 Å². The fourth-order valence-electron chi connectivity index (χ4n) is 4.19. The number of para-hydroxylation sites is 1. The lowest BCUT2D eigenvalue weighted by Gasteiger charge is -2.19. The molecule has 4 N–H and O–H groups in total. The van der Waals surface area contributed by atoms with Gasteiger partial charge in [-0.05, 0) is 49.7 Å². The molecule has 180 valence electrons. The first-order valence-corrected chi connectivity index (χ1v) is 11.2. The largest absolute Gasteiger partial charge is 0.478 e. The summed E-state index contributed by atoms with van der Waals surface area (Å²) in [4.78, 5) is 24.8. The number of nitrogens with one attached hydrogen (secondary N) is 3. The average Bonchev–Trinajstić information content (AvgIpc) is 2.87. The van der Waals surface area contributed by atoms with Crippen LogP contribution in [0, 0.1) is 23.7 Å². The van der Waals surface area contributed by atoms with Crippen molar-refractivity contribution in [2.24, 2.45) is 0 Å². The minimum absolute atomic E-state index is 0.145. The molecule has 3 aromatic carbocycles. The van der Waals surface area contributed by atoms with Crippen LogP contribution in [0.1, 0.15) is 40.0 Å². The van der Waals surface area contributed by atoms with Crippen molar-refractivity contribution in [2.75, 3.05) is 17.7 Å². The Morgan fingerprint density at radius 2 is 1.83 bits per heavy atom. The summed E-state index contributed by atoms with van der Waals surface area (Å²) in [5.41, 5.74) is 3.80. The minimum atomic E-state index is -1.04. The summed E-state index contributed by atoms with van der Waals surface area (Å²) in [6, 6.07) is 18.3. The second-order valence-electron chi connectivity index (χ2n) is 8.42. The predicted octanol–water partition coefficient (Wildman–Crippen LogP) is 5.57. The number of nitrogens with zero attached hydrogens (tertiary/aromatic N) is 1. The van der Waals surface area contributed by atoms with Gasteiger partial charge in [0.1, 0.15) is 23.1 Å². The van der Waals surface area contributed by atoms with Crippen LogP contribution in [0.15, 0.2) is 69.9 Å². The summed E-state index contributed by atoms with van der Waals surface area (Å²) in [6.07, 6.45) is 0. The van der Waals surface area contributed by atoms with Gasteiger partial charge >= 0.3 is 5.97 Å². The lowest BCUT2D eigenvalue weighted by molar-refractivity contribution is 0.0698. The number of carboxylic acid groups (broad SMARTS) is 1. The first-order valence-electron chi connectivity index (χ1n) is 11.2. The van der Waals surface area contributed by atoms with Gasteiger partial charge in [-0.25, -0.2) is 4.79 Å². The zero-order valence-electron chi connectivity index (χ0n) is 20.0. The van der Waals surface area contributed by atoms with Crippen LogP contribution in [0.5, 0.6) is 0 Å². The SMILES string of the molecule is CNc1cc(-c2cc(=O)c3cc(C)cc(C(C)Nc4ccccc4C(=O)O)c3o2)ccc1C(=N)C#N. The third kappa shape index (κ3) is 4.55. The zero-order chi connectivity index (χ0) is 26.0. The summed E-state index contributed by atoms with van der Waals surface area (Å²) in [5.74, 6) is -0.705. The monoisotopic (exact) mass is 480 g/mol. The highest BCUT2D eigenvalue weighted by molar-refractivity contribution is 6.13. The number of anilines is 2. The van der Waals surface area contributed by atoms with Gasteiger partial charge in [-0.2, -0.15) is 5.26 Å². The Balaban J connectivity index is 1.85. The Hall–Kier alpha value is -4.90. The predicted molar refractivity (Wildman–Crippen MR) is 140 cm³/mol. The summed E-state index contributed by atoms with van der Waals surface area (Å²) < 4.78 is 6.27. The Morgan fingerprint density at radius 3 is 2.53 bits per heavy atom. The lowest BCUT2D eigenvalue weighted by Crippen LogP contribution is -2.12. The summed E-state index contributed by atoms with van der Waals surface area (Å²) in [7, 11) is 1.69. The van der Waals surface area contributed by atoms with Gasteiger partial charge in [-0.3, -0.25) is 10.2 Å². The highest BCUT2D eigenvalue weighted by atomic mass is 16.4. The van der Waals surface area contributed by atoms with E-state index in [2.05, 4.69) is 10.6 Å². The van der Waals surface area contributed by atoms with Crippen LogP contribution in [0.4, 0.5) is 11.4 Å². The van der Waals surface area contributed by atoms with E-state index < -0.39 is 5.97 Å². The molecular formula is C28H24N4O4. The maximum Gasteiger partial charge on any atom is 0.337 e. The number of aryl methyl sites for hydroxylation is 1. The molecular weight excluding hydrogens is 456 g/mol. The van der Waals surface area contributed by atoms with E-state index in [-0.39, 0.29) is 22.7 Å². The Labute approximate surface area is 207 Å². The van der Waals surface area contributed by atoms with Gasteiger partial charge < -0.3 is 20.2 Å². The maximum absolute atomic E-state index is 13.1. The van der Waals surface area contributed by atoms with Crippen LogP contribution < -0.4 is 16.1 Å². The Morgan fingerprint density at radius 1 is 1.08 bits per heavy atom. The maximum atomic E-state index is 13.1. The molecule has 0 radical (unpaired) electrons. The number of carboxylic acids is 1. The van der Waals surface area contributed by atoms with E-state index in [1.54, 1.807) is 49.5 Å². The van der Waals surface area contributed by atoms with Gasteiger partial charge in [0, 0.05) is 41.2 Å². The quantitative estimate of drug-likeness (QED) is 0.253. The molecule has 0 aliphatic carbocycles. The van der Waals surface area contributed by atoms with Crippen molar-refractivity contribution in [3.05, 3.63) is 93.1 Å². The van der Waals surface area contributed by atoms with E-state index in [9.17, 15) is 14.7 Å². The van der Waals surface area contributed by atoms with Crippen molar-refractivity contribution in [3.8, 4) is 17.4 Å². The topological polar surface area (TPSA) is 139 Å². The van der Waals surface area contributed by atoms with Crippen molar-refractivity contribution < 1.29 is 14.3 Å². The zero-order valence-corrected chi connectivity index (χ0v) is 20.0. The molecule has 1 heterocycles. The van der Waals surface area contributed by atoms with Gasteiger partial charge in [0.2, 0.25) is 0 Å². The van der Waals surface area contributed by atoms with Gasteiger partial charge in [0.05, 0.1) is 17.0 Å². The highest BCUT2D eigenvalue weighted by Gasteiger charge is 2.19. The number of aromatic carboxylic acids is 1. The van der Waals surface area contributed by atoms with Crippen molar-refractivity contribution in [1.82, 2.24) is 0 Å². The molecule has 0 saturated heterocycles. The third-order valence-electron chi connectivity index (χ3n) is 5.95. The van der Waals surface area contributed by atoms with Crippen molar-refractivity contribution in [1.29, 1.82) is 10.7 Å². The average molecular weight is 481 g/mol. The van der Waals surface area contributed by atoms with Crippen molar-refractivity contribution in [3.63, 3.8) is 0 Å². The fraction of sp³-hybridized carbons (Fsp3) is 0.143. The van der Waals surface area contributed by atoms with Crippen LogP contribution in [0.25, 0.3) is 22.3 Å². The van der Waals surface area contributed by atoms with E-state index in [1.807, 2.05) is 26.0 Å². The fourth-order valence-corrected chi connectivity index (χ4v) is 4.19. The van der Waals surface area contributed by atoms with Gasteiger partial charge in [0.25, 0.3) is 0 Å². The molecule has 0 saturated carbocycles. The molecule has 4 rings (SSSR count). The number of fused-ring (bicyclic) bond motifs is 1. The first-order chi connectivity index (χ1) is 17.2. The van der Waals surface area contributed by atoms with Gasteiger partial charge in [-0.15, -0.1) is 0 Å². The number of benzene rings is 3. The molecule has 1 atom stereocenters. The van der Waals surface area contributed by atoms with E-state index in [1.165, 1.54) is 12.1 Å². The van der Waals surface area contributed by atoms with Gasteiger partial charge in [0.15, 0.2) is 5.43 Å². The number of hydrogen-bond acceptors (Lipinski definition) is 7. The molecule has 0 aliphatic rings. The minimum Gasteiger partial charge on any atom is -0.478 e. The van der Waals surface area contributed by atoms with E-state index in [0.29, 0.717) is 44.8 Å². The van der Waals surface area contributed by atoms with Crippen LogP contribution in [0.2, 0.25) is 0 Å². The number of nitriles is 1. The smallest absolute Gasteiger partial charge is 0.337 e. The molecule has 4 aromatic rings. The summed E-state index contributed by atoms with van der Waals surface area (Å²) >= 11 is 0. The molecule has 36 heavy (non-hydrogen) atoms. The van der Waals surface area contributed by atoms with E-state index >= 15 is 0 Å². The number of carbonyl (C=O) groups is 1. The molecule has 1 aromatic heterocycles. The number of rotatable bonds is 7. The second kappa shape index (κ2) is 9.76. The molecule has 8 nitrogen and oxygen atoms in total. The third-order valence-corrected chi connectivity index (χ3v) is 5.95. The molecule has 0 aliphatic heterocycles. The normalized spacial score (nSPS) is 11.5. The first kappa shape index (κ1) is 24.2. The Bertz CT molecular complexity index is 1610. The highest BCUT2D eigenvalue weighted by Crippen LogP contribution is 2.32. The molecule has 0 fully saturated rings. The van der Waals surface area contributed by atoms with Gasteiger partial charge in [-0.1, -0.05) is 24.3 Å². The lowest BCUT2D eigenvalue weighted by atomic mass is 9.99. The molecule has 1 unspecified atom stereocenters. The van der Waals surface area contributed by atoms with Crippen LogP contribution in [0.3, 0.4) is 0 Å². The number of hydrogen-bond donors (Lipinski definition) is 4. The molecule has 0 bridgehead atoms. The molecule has 8 heteroatoms. The van der Waals surface area contributed by atoms with Crippen LogP contribution in [-0.4, -0.2) is 23.8 Å². The Kier molecular flexibility index (Phi) is 6.57. The van der Waals surface area contributed by atoms with Crippen LogP contribution in [-0.2, 0) is 0 Å². The van der Waals surface area contributed by atoms with E-state index in [0.717, 1.165) is 5.56 Å².